The van der Waals surface area contributed by atoms with Crippen LogP contribution in [-0.2, 0) is 27.2 Å². The maximum Gasteiger partial charge on any atom is 0.327 e. The second-order valence-corrected chi connectivity index (χ2v) is 10.7. The number of hydrogen-bond acceptors (Lipinski definition) is 11. The monoisotopic (exact) mass is 585 g/mol. The molecule has 0 aliphatic carbocycles. The highest BCUT2D eigenvalue weighted by atomic mass is 16.5. The van der Waals surface area contributed by atoms with Gasteiger partial charge in [0.1, 0.15) is 24.5 Å². The molecule has 3 aromatic rings. The molecule has 13 nitrogen and oxygen atoms in total. The number of rotatable bonds is 16. The van der Waals surface area contributed by atoms with Crippen molar-refractivity contribution in [3.63, 3.8) is 0 Å². The third kappa shape index (κ3) is 8.91. The van der Waals surface area contributed by atoms with E-state index in [0.29, 0.717) is 43.4 Å². The Kier molecular flexibility index (Phi) is 11.6. The molecule has 1 saturated heterocycles. The van der Waals surface area contributed by atoms with Gasteiger partial charge in [-0.2, -0.15) is 9.97 Å². The van der Waals surface area contributed by atoms with Crippen molar-refractivity contribution < 1.29 is 23.7 Å². The standard InChI is InChI=1S/C29H43N7O6/c1-34(14-15-41-23-7-4-6-22(18-23)19-24(37)40-3)10-5-11-35-12-8-21(9-13-35)20-36-27-25(31-29(36)38)26(30)32-28(33-27)42-17-16-39-2/h4,6-7,18,21H,5,8-17,19-20H2,1-3H3,(H,31,38)(H2,30,32,33). The summed E-state index contributed by atoms with van der Waals surface area (Å²) < 4.78 is 22.8. The van der Waals surface area contributed by atoms with Crippen LogP contribution in [-0.4, -0.2) is 109 Å². The van der Waals surface area contributed by atoms with Crippen molar-refractivity contribution in [1.82, 2.24) is 29.3 Å². The molecule has 3 N–H and O–H groups in total. The van der Waals surface area contributed by atoms with E-state index in [1.807, 2.05) is 24.3 Å². The predicted molar refractivity (Wildman–Crippen MR) is 159 cm³/mol. The van der Waals surface area contributed by atoms with E-state index in [1.165, 1.54) is 7.11 Å². The smallest absolute Gasteiger partial charge is 0.327 e. The molecule has 1 aliphatic rings. The number of nitrogens with two attached hydrogens (primary N) is 1. The average molecular weight is 586 g/mol. The number of nitrogens with one attached hydrogen (secondary N) is 1. The van der Waals surface area contributed by atoms with Crippen LogP contribution in [0.15, 0.2) is 29.1 Å². The van der Waals surface area contributed by atoms with Crippen molar-refractivity contribution in [1.29, 1.82) is 0 Å². The molecule has 2 aromatic heterocycles. The summed E-state index contributed by atoms with van der Waals surface area (Å²) >= 11 is 0. The zero-order valence-electron chi connectivity index (χ0n) is 24.8. The Labute approximate surface area is 245 Å². The molecule has 4 rings (SSSR count). The molecule has 1 aliphatic heterocycles. The Balaban J connectivity index is 1.16. The molecular formula is C29H43N7O6. The molecule has 1 aromatic carbocycles. The van der Waals surface area contributed by atoms with E-state index >= 15 is 0 Å². The van der Waals surface area contributed by atoms with Crippen LogP contribution in [0.5, 0.6) is 11.8 Å². The first-order valence-corrected chi connectivity index (χ1v) is 14.4. The molecule has 0 atom stereocenters. The van der Waals surface area contributed by atoms with Crippen LogP contribution >= 0.6 is 0 Å². The summed E-state index contributed by atoms with van der Waals surface area (Å²) in [6.07, 6.45) is 3.33. The van der Waals surface area contributed by atoms with Gasteiger partial charge in [0.25, 0.3) is 0 Å². The number of anilines is 1. The second kappa shape index (κ2) is 15.5. The number of likely N-dealkylation sites (tertiary alicyclic amines) is 1. The molecule has 0 spiro atoms. The number of hydrogen-bond donors (Lipinski definition) is 2. The summed E-state index contributed by atoms with van der Waals surface area (Å²) in [5.74, 6) is 1.06. The topological polar surface area (TPSA) is 150 Å². The number of imidazole rings is 1. The summed E-state index contributed by atoms with van der Waals surface area (Å²) in [5, 5.41) is 0. The van der Waals surface area contributed by atoms with E-state index in [9.17, 15) is 9.59 Å². The van der Waals surface area contributed by atoms with Gasteiger partial charge in [0.05, 0.1) is 20.1 Å². The van der Waals surface area contributed by atoms with Crippen LogP contribution in [0.3, 0.4) is 0 Å². The number of likely N-dealkylation sites (N-methyl/N-ethyl adjacent to an activating group) is 1. The Bertz CT molecular complexity index is 1350. The molecule has 42 heavy (non-hydrogen) atoms. The van der Waals surface area contributed by atoms with E-state index in [0.717, 1.165) is 63.3 Å². The number of nitrogen functional groups attached to an aromatic ring is 1. The third-order valence-electron chi connectivity index (χ3n) is 7.53. The molecule has 1 fully saturated rings. The minimum atomic E-state index is -0.264. The highest BCUT2D eigenvalue weighted by molar-refractivity contribution is 5.81. The lowest BCUT2D eigenvalue weighted by atomic mass is 9.96. The predicted octanol–water partition coefficient (Wildman–Crippen LogP) is 1.56. The van der Waals surface area contributed by atoms with E-state index in [4.69, 9.17) is 24.7 Å². The van der Waals surface area contributed by atoms with Gasteiger partial charge < -0.3 is 39.5 Å². The normalized spacial score (nSPS) is 14.5. The summed E-state index contributed by atoms with van der Waals surface area (Å²) in [7, 11) is 5.08. The first-order chi connectivity index (χ1) is 20.4. The lowest BCUT2D eigenvalue weighted by Gasteiger charge is -2.32. The van der Waals surface area contributed by atoms with Gasteiger partial charge in [0, 0.05) is 20.2 Å². The lowest BCUT2D eigenvalue weighted by molar-refractivity contribution is -0.139. The second-order valence-electron chi connectivity index (χ2n) is 10.7. The number of nitrogens with zero attached hydrogens (tertiary/aromatic N) is 5. The van der Waals surface area contributed by atoms with Gasteiger partial charge in [-0.15, -0.1) is 0 Å². The Hall–Kier alpha value is -3.68. The third-order valence-corrected chi connectivity index (χ3v) is 7.53. The Morgan fingerprint density at radius 2 is 1.93 bits per heavy atom. The minimum Gasteiger partial charge on any atom is -0.492 e. The fraction of sp³-hybridized carbons (Fsp3) is 0.586. The SMILES string of the molecule is COCCOc1nc(N)c2[nH]c(=O)n(CC3CCN(CCCN(C)CCOc4cccc(CC(=O)OC)c4)CC3)c2n1. The van der Waals surface area contributed by atoms with Crippen molar-refractivity contribution in [2.75, 3.05) is 79.5 Å². The zero-order chi connectivity index (χ0) is 29.9. The number of ether oxygens (including phenoxy) is 4. The average Bonchev–Trinajstić information content (AvgIpc) is 3.29. The molecular weight excluding hydrogens is 542 g/mol. The van der Waals surface area contributed by atoms with Crippen LogP contribution in [0.2, 0.25) is 0 Å². The van der Waals surface area contributed by atoms with Crippen LogP contribution < -0.4 is 20.9 Å². The molecule has 0 bridgehead atoms. The number of methoxy groups -OCH3 is 2. The highest BCUT2D eigenvalue weighted by Gasteiger charge is 2.22. The fourth-order valence-corrected chi connectivity index (χ4v) is 5.11. The van der Waals surface area contributed by atoms with Gasteiger partial charge in [-0.3, -0.25) is 9.36 Å². The first-order valence-electron chi connectivity index (χ1n) is 14.4. The number of aromatic amines is 1. The first kappa shape index (κ1) is 31.3. The number of H-pyrrole nitrogens is 1. The number of carbonyl (C=O) groups is 1. The van der Waals surface area contributed by atoms with E-state index in [1.54, 1.807) is 11.7 Å². The van der Waals surface area contributed by atoms with Crippen LogP contribution in [0.4, 0.5) is 5.82 Å². The van der Waals surface area contributed by atoms with Gasteiger partial charge >= 0.3 is 17.7 Å². The fourth-order valence-electron chi connectivity index (χ4n) is 5.11. The quantitative estimate of drug-likeness (QED) is 0.186. The van der Waals surface area contributed by atoms with E-state index in [-0.39, 0.29) is 29.9 Å². The molecule has 0 radical (unpaired) electrons. The minimum absolute atomic E-state index is 0.140. The van der Waals surface area contributed by atoms with Gasteiger partial charge in [-0.05, 0) is 76.1 Å². The maximum absolute atomic E-state index is 12.7. The van der Waals surface area contributed by atoms with Crippen LogP contribution in [0.1, 0.15) is 24.8 Å². The molecule has 230 valence electrons. The number of fused-ring (bicyclic) bond motifs is 1. The summed E-state index contributed by atoms with van der Waals surface area (Å²) in [4.78, 5) is 40.4. The van der Waals surface area contributed by atoms with Crippen molar-refractivity contribution in [3.05, 3.63) is 40.3 Å². The van der Waals surface area contributed by atoms with Crippen LogP contribution in [0.25, 0.3) is 11.2 Å². The Morgan fingerprint density at radius 3 is 2.69 bits per heavy atom. The Morgan fingerprint density at radius 1 is 1.12 bits per heavy atom. The van der Waals surface area contributed by atoms with E-state index in [2.05, 4.69) is 31.8 Å². The van der Waals surface area contributed by atoms with E-state index < -0.39 is 0 Å². The number of esters is 1. The number of piperidine rings is 1. The molecule has 3 heterocycles. The van der Waals surface area contributed by atoms with Gasteiger partial charge in [0.2, 0.25) is 0 Å². The molecule has 0 amide bonds. The van der Waals surface area contributed by atoms with Crippen molar-refractivity contribution >= 4 is 23.0 Å². The van der Waals surface area contributed by atoms with Crippen LogP contribution in [0, 0.1) is 5.92 Å². The summed E-state index contributed by atoms with van der Waals surface area (Å²) in [6, 6.07) is 7.71. The van der Waals surface area contributed by atoms with Gasteiger partial charge in [-0.25, -0.2) is 4.79 Å². The lowest BCUT2D eigenvalue weighted by Crippen LogP contribution is -2.37. The molecule has 13 heteroatoms. The van der Waals surface area contributed by atoms with Crippen molar-refractivity contribution in [3.8, 4) is 11.8 Å². The number of aromatic nitrogens is 4. The largest absolute Gasteiger partial charge is 0.492 e. The summed E-state index contributed by atoms with van der Waals surface area (Å²) in [6.45, 7) is 6.68. The van der Waals surface area contributed by atoms with Crippen molar-refractivity contribution in [2.24, 2.45) is 5.92 Å². The van der Waals surface area contributed by atoms with Gasteiger partial charge in [0.15, 0.2) is 11.5 Å². The van der Waals surface area contributed by atoms with Crippen molar-refractivity contribution in [2.45, 2.75) is 32.2 Å². The molecule has 0 unspecified atom stereocenters. The highest BCUT2D eigenvalue weighted by Crippen LogP contribution is 2.23. The number of benzene rings is 1. The molecule has 0 saturated carbocycles. The zero-order valence-corrected chi connectivity index (χ0v) is 24.8. The maximum atomic E-state index is 12.7. The van der Waals surface area contributed by atoms with Gasteiger partial charge in [-0.1, -0.05) is 12.1 Å². The summed E-state index contributed by atoms with van der Waals surface area (Å²) in [5.41, 5.74) is 7.62. The number of carbonyl (C=O) groups excluding carboxylic acids is 1.